The number of benzene rings is 1. The molecule has 0 radical (unpaired) electrons. The quantitative estimate of drug-likeness (QED) is 0.698. The van der Waals surface area contributed by atoms with Gasteiger partial charge in [-0.05, 0) is 75.2 Å². The smallest absolute Gasteiger partial charge is 0.224 e. The summed E-state index contributed by atoms with van der Waals surface area (Å²) in [5.74, 6) is 1.11. The molecule has 0 saturated heterocycles. The van der Waals surface area contributed by atoms with Crippen LogP contribution in [-0.2, 0) is 4.79 Å². The molecule has 1 unspecified atom stereocenters. The number of amides is 1. The van der Waals surface area contributed by atoms with Crippen LogP contribution in [0.1, 0.15) is 33.1 Å². The van der Waals surface area contributed by atoms with E-state index in [1.54, 1.807) is 0 Å². The largest absolute Gasteiger partial charge is 0.330 e. The minimum Gasteiger partial charge on any atom is -0.330 e. The lowest BCUT2D eigenvalue weighted by molar-refractivity contribution is -0.116. The highest BCUT2D eigenvalue weighted by Crippen LogP contribution is 2.31. The van der Waals surface area contributed by atoms with Crippen LogP contribution in [-0.4, -0.2) is 12.5 Å². The fourth-order valence-electron chi connectivity index (χ4n) is 2.16. The van der Waals surface area contributed by atoms with Gasteiger partial charge in [-0.3, -0.25) is 4.79 Å². The molecule has 1 atom stereocenters. The summed E-state index contributed by atoms with van der Waals surface area (Å²) in [4.78, 5) is 12.1. The third-order valence-corrected chi connectivity index (χ3v) is 4.77. The Bertz CT molecular complexity index is 429. The maximum atomic E-state index is 12.1. The Morgan fingerprint density at radius 3 is 2.35 bits per heavy atom. The number of nitrogens with one attached hydrogen (secondary N) is 1. The first-order valence-corrected chi connectivity index (χ1v) is 8.48. The topological polar surface area (TPSA) is 55.1 Å². The zero-order chi connectivity index (χ0) is 15.1. The van der Waals surface area contributed by atoms with Gasteiger partial charge in [-0.25, -0.2) is 0 Å². The number of para-hydroxylation sites is 1. The van der Waals surface area contributed by atoms with Crippen LogP contribution < -0.4 is 11.1 Å². The van der Waals surface area contributed by atoms with Crippen molar-refractivity contribution in [3.63, 3.8) is 0 Å². The number of anilines is 1. The molecule has 0 heterocycles. The summed E-state index contributed by atoms with van der Waals surface area (Å²) < 4.78 is 1.75. The van der Waals surface area contributed by atoms with Crippen LogP contribution in [0.3, 0.4) is 0 Å². The van der Waals surface area contributed by atoms with Gasteiger partial charge in [0.25, 0.3) is 0 Å². The summed E-state index contributed by atoms with van der Waals surface area (Å²) in [6, 6.07) is 5.73. The molecule has 1 rings (SSSR count). The van der Waals surface area contributed by atoms with Crippen molar-refractivity contribution in [3.8, 4) is 0 Å². The third kappa shape index (κ3) is 5.54. The van der Waals surface area contributed by atoms with Gasteiger partial charge in [-0.2, -0.15) is 0 Å². The van der Waals surface area contributed by atoms with E-state index < -0.39 is 0 Å². The van der Waals surface area contributed by atoms with E-state index in [1.807, 2.05) is 18.2 Å². The summed E-state index contributed by atoms with van der Waals surface area (Å²) in [5, 5.41) is 2.95. The number of halogens is 2. The van der Waals surface area contributed by atoms with Crippen molar-refractivity contribution in [2.45, 2.75) is 33.1 Å². The number of hydrogen-bond donors (Lipinski definition) is 2. The molecule has 0 aliphatic carbocycles. The van der Waals surface area contributed by atoms with Crippen LogP contribution in [0.15, 0.2) is 27.1 Å². The molecule has 1 aromatic rings. The molecule has 0 spiro atoms. The van der Waals surface area contributed by atoms with Gasteiger partial charge in [-0.15, -0.1) is 0 Å². The fraction of sp³-hybridized carbons (Fsp3) is 0.533. The number of carbonyl (C=O) groups is 1. The van der Waals surface area contributed by atoms with E-state index in [-0.39, 0.29) is 5.91 Å². The molecule has 0 fully saturated rings. The molecule has 0 bridgehead atoms. The molecule has 0 aliphatic heterocycles. The molecule has 5 heteroatoms. The molecule has 0 aromatic heterocycles. The Morgan fingerprint density at radius 2 is 1.85 bits per heavy atom. The van der Waals surface area contributed by atoms with Crippen LogP contribution >= 0.6 is 31.9 Å². The van der Waals surface area contributed by atoms with Crippen molar-refractivity contribution >= 4 is 43.5 Å². The zero-order valence-corrected chi connectivity index (χ0v) is 15.1. The summed E-state index contributed by atoms with van der Waals surface area (Å²) in [7, 11) is 0. The predicted octanol–water partition coefficient (Wildman–Crippen LogP) is 4.55. The first-order chi connectivity index (χ1) is 9.45. The highest BCUT2D eigenvalue weighted by atomic mass is 79.9. The second-order valence-electron chi connectivity index (χ2n) is 5.26. The van der Waals surface area contributed by atoms with E-state index in [0.717, 1.165) is 27.5 Å². The van der Waals surface area contributed by atoms with Crippen molar-refractivity contribution < 1.29 is 4.79 Å². The normalized spacial score (nSPS) is 12.5. The molecular formula is C15H22Br2N2O. The van der Waals surface area contributed by atoms with Gasteiger partial charge < -0.3 is 11.1 Å². The lowest BCUT2D eigenvalue weighted by Crippen LogP contribution is -2.18. The highest BCUT2D eigenvalue weighted by Gasteiger charge is 2.15. The molecule has 20 heavy (non-hydrogen) atoms. The first kappa shape index (κ1) is 17.7. The van der Waals surface area contributed by atoms with E-state index in [1.165, 1.54) is 0 Å². The molecule has 3 nitrogen and oxygen atoms in total. The number of rotatable bonds is 7. The summed E-state index contributed by atoms with van der Waals surface area (Å²) in [6.07, 6.45) is 2.38. The van der Waals surface area contributed by atoms with Crippen LogP contribution in [0.5, 0.6) is 0 Å². The monoisotopic (exact) mass is 404 g/mol. The van der Waals surface area contributed by atoms with Crippen LogP contribution in [0.25, 0.3) is 0 Å². The molecule has 1 aromatic carbocycles. The lowest BCUT2D eigenvalue weighted by atomic mass is 9.88. The maximum Gasteiger partial charge on any atom is 0.224 e. The Balaban J connectivity index is 2.55. The Labute approximate surface area is 138 Å². The van der Waals surface area contributed by atoms with Gasteiger partial charge in [-0.1, -0.05) is 19.9 Å². The molecular weight excluding hydrogens is 384 g/mol. The van der Waals surface area contributed by atoms with Crippen molar-refractivity contribution in [1.82, 2.24) is 0 Å². The van der Waals surface area contributed by atoms with Gasteiger partial charge in [0.2, 0.25) is 5.91 Å². The molecule has 3 N–H and O–H groups in total. The van der Waals surface area contributed by atoms with Crippen LogP contribution in [0.4, 0.5) is 5.69 Å². The first-order valence-electron chi connectivity index (χ1n) is 6.89. The zero-order valence-electron chi connectivity index (χ0n) is 12.0. The van der Waals surface area contributed by atoms with Crippen LogP contribution in [0, 0.1) is 11.8 Å². The highest BCUT2D eigenvalue weighted by molar-refractivity contribution is 9.11. The molecule has 1 amide bonds. The average molecular weight is 406 g/mol. The summed E-state index contributed by atoms with van der Waals surface area (Å²) in [6.45, 7) is 5.05. The fourth-order valence-corrected chi connectivity index (χ4v) is 3.36. The SMILES string of the molecule is CC(C)C(CCN)CCC(=O)Nc1c(Br)cccc1Br. The standard InChI is InChI=1S/C15H22Br2N2O/c1-10(2)11(8-9-18)6-7-14(20)19-15-12(16)4-3-5-13(15)17/h3-5,10-11H,6-9,18H2,1-2H3,(H,19,20). The minimum absolute atomic E-state index is 0.0419. The average Bonchev–Trinajstić information content (AvgIpc) is 2.38. The van der Waals surface area contributed by atoms with E-state index in [0.29, 0.717) is 24.8 Å². The van der Waals surface area contributed by atoms with Gasteiger partial charge in [0.1, 0.15) is 0 Å². The number of hydrogen-bond acceptors (Lipinski definition) is 2. The Kier molecular flexibility index (Phi) is 7.77. The van der Waals surface area contributed by atoms with E-state index in [2.05, 4.69) is 51.0 Å². The van der Waals surface area contributed by atoms with Crippen molar-refractivity contribution in [2.24, 2.45) is 17.6 Å². The van der Waals surface area contributed by atoms with Gasteiger partial charge in [0, 0.05) is 15.4 Å². The second kappa shape index (κ2) is 8.80. The van der Waals surface area contributed by atoms with Gasteiger partial charge in [0.15, 0.2) is 0 Å². The van der Waals surface area contributed by atoms with Gasteiger partial charge in [0.05, 0.1) is 5.69 Å². The predicted molar refractivity (Wildman–Crippen MR) is 91.7 cm³/mol. The van der Waals surface area contributed by atoms with Gasteiger partial charge >= 0.3 is 0 Å². The summed E-state index contributed by atoms with van der Waals surface area (Å²) in [5.41, 5.74) is 6.41. The summed E-state index contributed by atoms with van der Waals surface area (Å²) >= 11 is 6.88. The second-order valence-corrected chi connectivity index (χ2v) is 6.97. The Morgan fingerprint density at radius 1 is 1.25 bits per heavy atom. The molecule has 0 saturated carbocycles. The lowest BCUT2D eigenvalue weighted by Gasteiger charge is -2.19. The number of nitrogens with two attached hydrogens (primary N) is 1. The maximum absolute atomic E-state index is 12.1. The van der Waals surface area contributed by atoms with E-state index >= 15 is 0 Å². The molecule has 0 aliphatic rings. The van der Waals surface area contributed by atoms with Crippen molar-refractivity contribution in [2.75, 3.05) is 11.9 Å². The van der Waals surface area contributed by atoms with Crippen molar-refractivity contribution in [3.05, 3.63) is 27.1 Å². The number of carbonyl (C=O) groups excluding carboxylic acids is 1. The minimum atomic E-state index is 0.0419. The van der Waals surface area contributed by atoms with E-state index in [9.17, 15) is 4.79 Å². The Hall–Kier alpha value is -0.390. The third-order valence-electron chi connectivity index (χ3n) is 3.45. The molecule has 112 valence electrons. The van der Waals surface area contributed by atoms with E-state index in [4.69, 9.17) is 5.73 Å². The van der Waals surface area contributed by atoms with Crippen LogP contribution in [0.2, 0.25) is 0 Å². The van der Waals surface area contributed by atoms with Crippen molar-refractivity contribution in [1.29, 1.82) is 0 Å².